The lowest BCUT2D eigenvalue weighted by atomic mass is 10.2. The molecular formula is C16H18BrFN2O. The minimum Gasteiger partial charge on any atom is -0.457 e. The number of aromatic nitrogens is 1. The average molecular weight is 353 g/mol. The number of nitrogens with zero attached hydrogens (tertiary/aromatic N) is 1. The standard InChI is InChI=1S/C16H18BrFN2O/c1-3-6-19-9-12-10-20-11(2)7-16(12)21-13-4-5-14(17)15(18)8-13/h4-5,7-8,10,19H,3,6,9H2,1-2H3. The molecule has 0 fully saturated rings. The molecule has 3 nitrogen and oxygen atoms in total. The van der Waals surface area contributed by atoms with Gasteiger partial charge in [-0.1, -0.05) is 6.92 Å². The van der Waals surface area contributed by atoms with Crippen LogP contribution in [0.4, 0.5) is 4.39 Å². The molecule has 21 heavy (non-hydrogen) atoms. The molecule has 5 heteroatoms. The van der Waals surface area contributed by atoms with Crippen molar-refractivity contribution in [3.63, 3.8) is 0 Å². The highest BCUT2D eigenvalue weighted by Crippen LogP contribution is 2.28. The van der Waals surface area contributed by atoms with Gasteiger partial charge in [0.15, 0.2) is 0 Å². The van der Waals surface area contributed by atoms with Crippen LogP contribution < -0.4 is 10.1 Å². The Bertz CT molecular complexity index is 619. The van der Waals surface area contributed by atoms with Crippen molar-refractivity contribution in [1.29, 1.82) is 0 Å². The molecule has 1 aromatic heterocycles. The third-order valence-corrected chi connectivity index (χ3v) is 3.58. The highest BCUT2D eigenvalue weighted by Gasteiger charge is 2.08. The zero-order valence-corrected chi connectivity index (χ0v) is 13.7. The predicted molar refractivity (Wildman–Crippen MR) is 85.1 cm³/mol. The number of hydrogen-bond donors (Lipinski definition) is 1. The summed E-state index contributed by atoms with van der Waals surface area (Å²) in [5.41, 5.74) is 1.82. The van der Waals surface area contributed by atoms with Crippen molar-refractivity contribution in [2.45, 2.75) is 26.8 Å². The highest BCUT2D eigenvalue weighted by molar-refractivity contribution is 9.10. The molecule has 2 aromatic rings. The fourth-order valence-corrected chi connectivity index (χ4v) is 2.10. The Hall–Kier alpha value is -1.46. The molecule has 0 atom stereocenters. The molecule has 0 bridgehead atoms. The van der Waals surface area contributed by atoms with Gasteiger partial charge >= 0.3 is 0 Å². The van der Waals surface area contributed by atoms with E-state index in [1.54, 1.807) is 18.3 Å². The van der Waals surface area contributed by atoms with Crippen LogP contribution in [0.1, 0.15) is 24.6 Å². The minimum absolute atomic E-state index is 0.344. The lowest BCUT2D eigenvalue weighted by Gasteiger charge is -2.12. The summed E-state index contributed by atoms with van der Waals surface area (Å²) in [6.45, 7) is 5.62. The fourth-order valence-electron chi connectivity index (χ4n) is 1.86. The number of rotatable bonds is 6. The van der Waals surface area contributed by atoms with Gasteiger partial charge in [-0.2, -0.15) is 0 Å². The average Bonchev–Trinajstić information content (AvgIpc) is 2.45. The summed E-state index contributed by atoms with van der Waals surface area (Å²) in [6.07, 6.45) is 2.86. The Labute approximate surface area is 132 Å². The van der Waals surface area contributed by atoms with E-state index in [4.69, 9.17) is 4.74 Å². The molecule has 1 aromatic carbocycles. The molecule has 0 unspecified atom stereocenters. The van der Waals surface area contributed by atoms with Crippen molar-refractivity contribution in [2.24, 2.45) is 0 Å². The van der Waals surface area contributed by atoms with Gasteiger partial charge in [0.1, 0.15) is 17.3 Å². The third-order valence-electron chi connectivity index (χ3n) is 2.94. The smallest absolute Gasteiger partial charge is 0.141 e. The summed E-state index contributed by atoms with van der Waals surface area (Å²) >= 11 is 3.13. The van der Waals surface area contributed by atoms with Crippen molar-refractivity contribution in [3.05, 3.63) is 52.0 Å². The molecule has 0 aliphatic carbocycles. The molecule has 1 N–H and O–H groups in total. The fraction of sp³-hybridized carbons (Fsp3) is 0.312. The van der Waals surface area contributed by atoms with E-state index in [1.165, 1.54) is 6.07 Å². The Balaban J connectivity index is 2.20. The molecule has 0 aliphatic heterocycles. The van der Waals surface area contributed by atoms with Crippen molar-refractivity contribution in [1.82, 2.24) is 10.3 Å². The first-order valence-corrected chi connectivity index (χ1v) is 7.68. The summed E-state index contributed by atoms with van der Waals surface area (Å²) < 4.78 is 19.8. The van der Waals surface area contributed by atoms with Crippen LogP contribution in [0.5, 0.6) is 11.5 Å². The molecule has 112 valence electrons. The second kappa shape index (κ2) is 7.52. The predicted octanol–water partition coefficient (Wildman–Crippen LogP) is 4.58. The number of halogens is 2. The van der Waals surface area contributed by atoms with E-state index in [9.17, 15) is 4.39 Å². The number of aryl methyl sites for hydroxylation is 1. The first-order valence-electron chi connectivity index (χ1n) is 6.89. The lowest BCUT2D eigenvalue weighted by molar-refractivity contribution is 0.465. The number of pyridine rings is 1. The molecule has 0 amide bonds. The van der Waals surface area contributed by atoms with E-state index in [0.717, 1.165) is 24.2 Å². The SMILES string of the molecule is CCCNCc1cnc(C)cc1Oc1ccc(Br)c(F)c1. The van der Waals surface area contributed by atoms with Gasteiger partial charge in [-0.3, -0.25) is 4.98 Å². The van der Waals surface area contributed by atoms with Gasteiger partial charge in [0, 0.05) is 36.1 Å². The lowest BCUT2D eigenvalue weighted by Crippen LogP contribution is -2.14. The number of nitrogens with one attached hydrogen (secondary N) is 1. The van der Waals surface area contributed by atoms with Gasteiger partial charge in [0.2, 0.25) is 0 Å². The Morgan fingerprint density at radius 2 is 2.14 bits per heavy atom. The van der Waals surface area contributed by atoms with Gasteiger partial charge in [-0.05, 0) is 48.0 Å². The van der Waals surface area contributed by atoms with Crippen LogP contribution in [0, 0.1) is 12.7 Å². The van der Waals surface area contributed by atoms with Crippen LogP contribution in [0.15, 0.2) is 34.9 Å². The molecule has 2 rings (SSSR count). The molecule has 0 saturated carbocycles. The zero-order valence-electron chi connectivity index (χ0n) is 12.1. The number of ether oxygens (including phenoxy) is 1. The van der Waals surface area contributed by atoms with E-state index in [2.05, 4.69) is 33.2 Å². The normalized spacial score (nSPS) is 10.7. The summed E-state index contributed by atoms with van der Waals surface area (Å²) in [6, 6.07) is 6.59. The monoisotopic (exact) mass is 352 g/mol. The Morgan fingerprint density at radius 3 is 2.86 bits per heavy atom. The number of hydrogen-bond acceptors (Lipinski definition) is 3. The van der Waals surface area contributed by atoms with Crippen LogP contribution in [-0.4, -0.2) is 11.5 Å². The highest BCUT2D eigenvalue weighted by atomic mass is 79.9. The maximum Gasteiger partial charge on any atom is 0.141 e. The third kappa shape index (κ3) is 4.51. The van der Waals surface area contributed by atoms with Crippen molar-refractivity contribution < 1.29 is 9.13 Å². The first-order chi connectivity index (χ1) is 10.1. The van der Waals surface area contributed by atoms with Crippen LogP contribution in [0.3, 0.4) is 0 Å². The minimum atomic E-state index is -0.344. The second-order valence-corrected chi connectivity index (χ2v) is 5.64. The molecule has 0 aliphatic rings. The maximum atomic E-state index is 13.6. The van der Waals surface area contributed by atoms with Crippen molar-refractivity contribution in [3.8, 4) is 11.5 Å². The molecule has 0 radical (unpaired) electrons. The van der Waals surface area contributed by atoms with E-state index >= 15 is 0 Å². The molecular weight excluding hydrogens is 335 g/mol. The van der Waals surface area contributed by atoms with E-state index in [0.29, 0.717) is 22.5 Å². The topological polar surface area (TPSA) is 34.2 Å². The second-order valence-electron chi connectivity index (χ2n) is 4.79. The Morgan fingerprint density at radius 1 is 1.33 bits per heavy atom. The maximum absolute atomic E-state index is 13.6. The van der Waals surface area contributed by atoms with Gasteiger partial charge in [-0.25, -0.2) is 4.39 Å². The van der Waals surface area contributed by atoms with E-state index < -0.39 is 0 Å². The Kier molecular flexibility index (Phi) is 5.70. The largest absolute Gasteiger partial charge is 0.457 e. The van der Waals surface area contributed by atoms with Crippen molar-refractivity contribution in [2.75, 3.05) is 6.54 Å². The van der Waals surface area contributed by atoms with Crippen LogP contribution in [0.2, 0.25) is 0 Å². The summed E-state index contributed by atoms with van der Waals surface area (Å²) in [4.78, 5) is 4.29. The summed E-state index contributed by atoms with van der Waals surface area (Å²) in [7, 11) is 0. The zero-order chi connectivity index (χ0) is 15.2. The van der Waals surface area contributed by atoms with Gasteiger partial charge in [0.05, 0.1) is 4.47 Å². The molecule has 0 saturated heterocycles. The van der Waals surface area contributed by atoms with Gasteiger partial charge in [0.25, 0.3) is 0 Å². The van der Waals surface area contributed by atoms with Crippen molar-refractivity contribution >= 4 is 15.9 Å². The van der Waals surface area contributed by atoms with Crippen LogP contribution >= 0.6 is 15.9 Å². The van der Waals surface area contributed by atoms with Gasteiger partial charge in [-0.15, -0.1) is 0 Å². The summed E-state index contributed by atoms with van der Waals surface area (Å²) in [5.74, 6) is 0.829. The van der Waals surface area contributed by atoms with Gasteiger partial charge < -0.3 is 10.1 Å². The summed E-state index contributed by atoms with van der Waals surface area (Å²) in [5, 5.41) is 3.32. The molecule has 0 spiro atoms. The van der Waals surface area contributed by atoms with Crippen LogP contribution in [-0.2, 0) is 6.54 Å². The first kappa shape index (κ1) is 15.9. The van der Waals surface area contributed by atoms with Crippen LogP contribution in [0.25, 0.3) is 0 Å². The van der Waals surface area contributed by atoms with E-state index in [1.807, 2.05) is 13.0 Å². The number of benzene rings is 1. The van der Waals surface area contributed by atoms with E-state index in [-0.39, 0.29) is 5.82 Å². The quantitative estimate of drug-likeness (QED) is 0.772. The molecule has 1 heterocycles.